The molecule has 1 rings (SSSR count). The number of likely N-dealkylation sites (N-methyl/N-ethyl adjacent to an activating group) is 1. The molecule has 0 bridgehead atoms. The second kappa shape index (κ2) is 6.89. The summed E-state index contributed by atoms with van der Waals surface area (Å²) in [5, 5.41) is 11.4. The predicted molar refractivity (Wildman–Crippen MR) is 74.3 cm³/mol. The molecule has 0 atom stereocenters. The lowest BCUT2D eigenvalue weighted by Gasteiger charge is -2.15. The van der Waals surface area contributed by atoms with Gasteiger partial charge in [-0.1, -0.05) is 6.07 Å². The number of aryl methyl sites for hydroxylation is 2. The fourth-order valence-corrected chi connectivity index (χ4v) is 1.86. The molecule has 0 fully saturated rings. The third-order valence-electron chi connectivity index (χ3n) is 2.63. The van der Waals surface area contributed by atoms with Gasteiger partial charge in [-0.25, -0.2) is 0 Å². The van der Waals surface area contributed by atoms with E-state index in [4.69, 9.17) is 5.11 Å². The van der Waals surface area contributed by atoms with Crippen molar-refractivity contribution < 1.29 is 14.7 Å². The summed E-state index contributed by atoms with van der Waals surface area (Å²) < 4.78 is 0. The number of rotatable bonds is 6. The molecule has 5 heteroatoms. The van der Waals surface area contributed by atoms with Crippen LogP contribution in [0.1, 0.15) is 17.5 Å². The van der Waals surface area contributed by atoms with Gasteiger partial charge in [0.1, 0.15) is 0 Å². The molecule has 1 aromatic rings. The first kappa shape index (κ1) is 15.2. The van der Waals surface area contributed by atoms with Gasteiger partial charge >= 0.3 is 5.97 Å². The van der Waals surface area contributed by atoms with Crippen LogP contribution in [-0.4, -0.2) is 42.0 Å². The van der Waals surface area contributed by atoms with Gasteiger partial charge in [-0.3, -0.25) is 14.5 Å². The molecule has 0 saturated carbocycles. The minimum atomic E-state index is -0.860. The van der Waals surface area contributed by atoms with Crippen molar-refractivity contribution >= 4 is 17.6 Å². The molecule has 1 aromatic carbocycles. The van der Waals surface area contributed by atoms with Crippen LogP contribution in [0.25, 0.3) is 0 Å². The van der Waals surface area contributed by atoms with E-state index in [1.807, 2.05) is 32.0 Å². The van der Waals surface area contributed by atoms with Gasteiger partial charge in [0, 0.05) is 12.2 Å². The molecule has 0 saturated heterocycles. The van der Waals surface area contributed by atoms with Crippen molar-refractivity contribution in [2.24, 2.45) is 0 Å². The molecule has 0 unspecified atom stereocenters. The van der Waals surface area contributed by atoms with Crippen molar-refractivity contribution in [3.8, 4) is 0 Å². The maximum Gasteiger partial charge on any atom is 0.304 e. The molecular formula is C14H20N2O3. The smallest absolute Gasteiger partial charge is 0.304 e. The van der Waals surface area contributed by atoms with Crippen LogP contribution in [0.3, 0.4) is 0 Å². The summed E-state index contributed by atoms with van der Waals surface area (Å²) >= 11 is 0. The third kappa shape index (κ3) is 6.01. The van der Waals surface area contributed by atoms with Gasteiger partial charge in [0.15, 0.2) is 0 Å². The standard InChI is InChI=1S/C14H20N2O3/c1-10-6-11(2)8-12(7-10)15-13(17)9-16(3)5-4-14(18)19/h6-8H,4-5,9H2,1-3H3,(H,15,17)(H,18,19). The molecule has 1 amide bonds. The van der Waals surface area contributed by atoms with E-state index in [1.165, 1.54) is 0 Å². The number of amides is 1. The van der Waals surface area contributed by atoms with Gasteiger partial charge in [0.25, 0.3) is 0 Å². The number of benzene rings is 1. The molecule has 0 spiro atoms. The second-order valence-corrected chi connectivity index (χ2v) is 4.81. The SMILES string of the molecule is Cc1cc(C)cc(NC(=O)CN(C)CCC(=O)O)c1. The highest BCUT2D eigenvalue weighted by Crippen LogP contribution is 2.13. The Morgan fingerprint density at radius 1 is 1.21 bits per heavy atom. The van der Waals surface area contributed by atoms with E-state index in [0.717, 1.165) is 16.8 Å². The average Bonchev–Trinajstić information content (AvgIpc) is 2.24. The zero-order valence-corrected chi connectivity index (χ0v) is 11.6. The molecule has 0 heterocycles. The Bertz CT molecular complexity index is 452. The lowest BCUT2D eigenvalue weighted by molar-refractivity contribution is -0.137. The molecule has 19 heavy (non-hydrogen) atoms. The number of nitrogens with zero attached hydrogens (tertiary/aromatic N) is 1. The fraction of sp³-hybridized carbons (Fsp3) is 0.429. The summed E-state index contributed by atoms with van der Waals surface area (Å²) in [4.78, 5) is 23.9. The predicted octanol–water partition coefficient (Wildman–Crippen LogP) is 1.65. The van der Waals surface area contributed by atoms with Crippen molar-refractivity contribution in [2.75, 3.05) is 25.5 Å². The van der Waals surface area contributed by atoms with Crippen LogP contribution in [0, 0.1) is 13.8 Å². The van der Waals surface area contributed by atoms with Crippen LogP contribution >= 0.6 is 0 Å². The summed E-state index contributed by atoms with van der Waals surface area (Å²) in [5.74, 6) is -1.00. The number of carboxylic acid groups (broad SMARTS) is 1. The lowest BCUT2D eigenvalue weighted by atomic mass is 10.1. The van der Waals surface area contributed by atoms with Crippen molar-refractivity contribution in [1.29, 1.82) is 0 Å². The summed E-state index contributed by atoms with van der Waals surface area (Å²) in [6.07, 6.45) is 0.0351. The van der Waals surface area contributed by atoms with E-state index in [1.54, 1.807) is 11.9 Å². The second-order valence-electron chi connectivity index (χ2n) is 4.81. The molecule has 5 nitrogen and oxygen atoms in total. The van der Waals surface area contributed by atoms with Crippen molar-refractivity contribution in [3.05, 3.63) is 29.3 Å². The van der Waals surface area contributed by atoms with E-state index in [0.29, 0.717) is 6.54 Å². The summed E-state index contributed by atoms with van der Waals surface area (Å²) in [6, 6.07) is 5.85. The normalized spacial score (nSPS) is 10.5. The first-order valence-corrected chi connectivity index (χ1v) is 6.15. The molecule has 104 valence electrons. The van der Waals surface area contributed by atoms with Gasteiger partial charge < -0.3 is 10.4 Å². The van der Waals surface area contributed by atoms with Crippen molar-refractivity contribution in [3.63, 3.8) is 0 Å². The van der Waals surface area contributed by atoms with Crippen molar-refractivity contribution in [2.45, 2.75) is 20.3 Å². The summed E-state index contributed by atoms with van der Waals surface area (Å²) in [5.41, 5.74) is 2.96. The quantitative estimate of drug-likeness (QED) is 0.819. The Hall–Kier alpha value is -1.88. The Labute approximate surface area is 113 Å². The van der Waals surface area contributed by atoms with E-state index in [2.05, 4.69) is 5.32 Å². The maximum atomic E-state index is 11.8. The van der Waals surface area contributed by atoms with E-state index in [9.17, 15) is 9.59 Å². The minimum Gasteiger partial charge on any atom is -0.481 e. The highest BCUT2D eigenvalue weighted by Gasteiger charge is 2.08. The zero-order chi connectivity index (χ0) is 14.4. The third-order valence-corrected chi connectivity index (χ3v) is 2.63. The number of anilines is 1. The van der Waals surface area contributed by atoms with Gasteiger partial charge in [-0.05, 0) is 44.2 Å². The minimum absolute atomic E-state index is 0.0351. The Morgan fingerprint density at radius 3 is 2.32 bits per heavy atom. The molecule has 2 N–H and O–H groups in total. The molecule has 0 aliphatic carbocycles. The van der Waals surface area contributed by atoms with Crippen molar-refractivity contribution in [1.82, 2.24) is 4.90 Å². The van der Waals surface area contributed by atoms with Crippen LogP contribution in [0.5, 0.6) is 0 Å². The Kier molecular flexibility index (Phi) is 5.51. The van der Waals surface area contributed by atoms with Gasteiger partial charge in [-0.2, -0.15) is 0 Å². The zero-order valence-electron chi connectivity index (χ0n) is 11.6. The lowest BCUT2D eigenvalue weighted by Crippen LogP contribution is -2.31. The molecule has 0 aromatic heterocycles. The Morgan fingerprint density at radius 2 is 1.79 bits per heavy atom. The first-order valence-electron chi connectivity index (χ1n) is 6.15. The number of carbonyl (C=O) groups is 2. The molecule has 0 radical (unpaired) electrons. The fourth-order valence-electron chi connectivity index (χ4n) is 1.86. The monoisotopic (exact) mass is 264 g/mol. The molecule has 0 aliphatic rings. The van der Waals surface area contributed by atoms with Crippen LogP contribution in [-0.2, 0) is 9.59 Å². The number of hydrogen-bond acceptors (Lipinski definition) is 3. The molecular weight excluding hydrogens is 244 g/mol. The van der Waals surface area contributed by atoms with Crippen LogP contribution in [0.15, 0.2) is 18.2 Å². The number of carboxylic acids is 1. The Balaban J connectivity index is 2.48. The van der Waals surface area contributed by atoms with Crippen LogP contribution in [0.2, 0.25) is 0 Å². The number of hydrogen-bond donors (Lipinski definition) is 2. The summed E-state index contributed by atoms with van der Waals surface area (Å²) in [6.45, 7) is 4.49. The van der Waals surface area contributed by atoms with Crippen LogP contribution < -0.4 is 5.32 Å². The maximum absolute atomic E-state index is 11.8. The highest BCUT2D eigenvalue weighted by atomic mass is 16.4. The van der Waals surface area contributed by atoms with E-state index < -0.39 is 5.97 Å². The highest BCUT2D eigenvalue weighted by molar-refractivity contribution is 5.92. The van der Waals surface area contributed by atoms with Crippen LogP contribution in [0.4, 0.5) is 5.69 Å². The topological polar surface area (TPSA) is 69.6 Å². The van der Waals surface area contributed by atoms with Gasteiger partial charge in [0.2, 0.25) is 5.91 Å². The summed E-state index contributed by atoms with van der Waals surface area (Å²) in [7, 11) is 1.73. The number of nitrogens with one attached hydrogen (secondary N) is 1. The van der Waals surface area contributed by atoms with E-state index >= 15 is 0 Å². The average molecular weight is 264 g/mol. The molecule has 0 aliphatic heterocycles. The first-order chi connectivity index (χ1) is 8.86. The van der Waals surface area contributed by atoms with Gasteiger partial charge in [0.05, 0.1) is 13.0 Å². The number of aliphatic carboxylic acids is 1. The largest absolute Gasteiger partial charge is 0.481 e. The number of carbonyl (C=O) groups excluding carboxylic acids is 1. The van der Waals surface area contributed by atoms with E-state index in [-0.39, 0.29) is 18.9 Å². The van der Waals surface area contributed by atoms with Gasteiger partial charge in [-0.15, -0.1) is 0 Å².